The van der Waals surface area contributed by atoms with Crippen LogP contribution in [0.3, 0.4) is 0 Å². The topological polar surface area (TPSA) is 145 Å². The van der Waals surface area contributed by atoms with Crippen LogP contribution >= 0.6 is 0 Å². The number of hydrazine groups is 1. The Morgan fingerprint density at radius 1 is 0.815 bits per heavy atom. The van der Waals surface area contributed by atoms with E-state index in [0.29, 0.717) is 41.4 Å². The summed E-state index contributed by atoms with van der Waals surface area (Å²) in [6, 6.07) is 38.1. The zero-order valence-electron chi connectivity index (χ0n) is 30.1. The maximum absolute atomic E-state index is 14.7. The SMILES string of the molecule is COc1ccc(CNNC(=O)[C@@]2(CCS(=O)(=O)c3ccccc3)N=C(c3ccc(OCCCO)cc3)O[C@H]2c2ccc(-c3ccccc3)cc2)c(OC)c1. The standard InChI is InChI=1S/C42H43N3O8S/c1-50-36-23-20-34(38(28-36)51-2)29-43-45-41(47)42(24-27-54(48,49)37-12-7-4-8-13-37)39(32-16-14-31(15-17-32)30-10-5-3-6-11-30)53-40(44-42)33-18-21-35(22-19-33)52-26-9-25-46/h3-8,10-23,28,39,43,46H,9,24-27,29H2,1-2H3,(H,45,47)/t39-,42-/m0/s1. The summed E-state index contributed by atoms with van der Waals surface area (Å²) in [5.41, 5.74) is 8.05. The highest BCUT2D eigenvalue weighted by Gasteiger charge is 2.53. The summed E-state index contributed by atoms with van der Waals surface area (Å²) in [5, 5.41) is 9.13. The van der Waals surface area contributed by atoms with Crippen molar-refractivity contribution >= 4 is 21.6 Å². The van der Waals surface area contributed by atoms with Gasteiger partial charge in [-0.3, -0.25) is 10.2 Å². The van der Waals surface area contributed by atoms with Gasteiger partial charge in [0.1, 0.15) is 17.2 Å². The highest BCUT2D eigenvalue weighted by molar-refractivity contribution is 7.91. The Morgan fingerprint density at radius 2 is 1.46 bits per heavy atom. The molecule has 11 nitrogen and oxygen atoms in total. The van der Waals surface area contributed by atoms with Gasteiger partial charge in [0.15, 0.2) is 21.5 Å². The van der Waals surface area contributed by atoms with Gasteiger partial charge >= 0.3 is 0 Å². The molecule has 54 heavy (non-hydrogen) atoms. The summed E-state index contributed by atoms with van der Waals surface area (Å²) in [6.45, 7) is 0.551. The lowest BCUT2D eigenvalue weighted by molar-refractivity contribution is -0.130. The predicted molar refractivity (Wildman–Crippen MR) is 206 cm³/mol. The van der Waals surface area contributed by atoms with Crippen LogP contribution in [-0.4, -0.2) is 64.1 Å². The van der Waals surface area contributed by atoms with Gasteiger partial charge in [0, 0.05) is 43.2 Å². The number of aliphatic imine (C=N–C) groups is 1. The first-order valence-corrected chi connectivity index (χ1v) is 19.2. The summed E-state index contributed by atoms with van der Waals surface area (Å²) < 4.78 is 50.6. The Morgan fingerprint density at radius 3 is 2.13 bits per heavy atom. The van der Waals surface area contributed by atoms with Gasteiger partial charge in [-0.05, 0) is 59.2 Å². The average Bonchev–Trinajstić information content (AvgIpc) is 3.62. The molecular weight excluding hydrogens is 707 g/mol. The van der Waals surface area contributed by atoms with Crippen molar-refractivity contribution in [2.45, 2.75) is 35.9 Å². The fourth-order valence-electron chi connectivity index (χ4n) is 6.21. The zero-order chi connectivity index (χ0) is 38.0. The third kappa shape index (κ3) is 8.74. The van der Waals surface area contributed by atoms with Gasteiger partial charge in [0.2, 0.25) is 5.90 Å². The zero-order valence-corrected chi connectivity index (χ0v) is 30.9. The van der Waals surface area contributed by atoms with Crippen molar-refractivity contribution in [2.75, 3.05) is 33.2 Å². The van der Waals surface area contributed by atoms with E-state index in [2.05, 4.69) is 10.9 Å². The fourth-order valence-corrected chi connectivity index (χ4v) is 7.60. The van der Waals surface area contributed by atoms with Crippen molar-refractivity contribution in [1.29, 1.82) is 0 Å². The number of rotatable bonds is 17. The van der Waals surface area contributed by atoms with E-state index in [4.69, 9.17) is 29.0 Å². The van der Waals surface area contributed by atoms with Crippen LogP contribution in [0.2, 0.25) is 0 Å². The third-order valence-corrected chi connectivity index (χ3v) is 10.9. The van der Waals surface area contributed by atoms with Crippen molar-refractivity contribution in [3.8, 4) is 28.4 Å². The minimum atomic E-state index is -3.83. The van der Waals surface area contributed by atoms with Crippen molar-refractivity contribution in [3.05, 3.63) is 144 Å². The van der Waals surface area contributed by atoms with Crippen LogP contribution in [0.15, 0.2) is 137 Å². The van der Waals surface area contributed by atoms with Crippen molar-refractivity contribution in [3.63, 3.8) is 0 Å². The molecule has 0 bridgehead atoms. The molecule has 0 spiro atoms. The first-order valence-electron chi connectivity index (χ1n) is 17.5. The summed E-state index contributed by atoms with van der Waals surface area (Å²) >= 11 is 0. The Balaban J connectivity index is 1.38. The molecule has 0 unspecified atom stereocenters. The maximum Gasteiger partial charge on any atom is 0.266 e. The minimum Gasteiger partial charge on any atom is -0.497 e. The van der Waals surface area contributed by atoms with Crippen LogP contribution < -0.4 is 25.1 Å². The van der Waals surface area contributed by atoms with Crippen molar-refractivity contribution in [2.24, 2.45) is 4.99 Å². The van der Waals surface area contributed by atoms with E-state index in [1.165, 1.54) is 12.1 Å². The summed E-state index contributed by atoms with van der Waals surface area (Å²) in [7, 11) is -0.720. The number of aliphatic hydroxyl groups excluding tert-OH is 1. The van der Waals surface area contributed by atoms with Gasteiger partial charge in [0.05, 0.1) is 31.5 Å². The van der Waals surface area contributed by atoms with Gasteiger partial charge in [-0.2, -0.15) is 0 Å². The predicted octanol–water partition coefficient (Wildman–Crippen LogP) is 6.07. The second kappa shape index (κ2) is 17.4. The summed E-state index contributed by atoms with van der Waals surface area (Å²) in [5.74, 6) is 0.994. The van der Waals surface area contributed by atoms with E-state index in [0.717, 1.165) is 16.7 Å². The molecule has 5 aromatic carbocycles. The molecule has 0 aliphatic carbocycles. The second-order valence-corrected chi connectivity index (χ2v) is 14.8. The number of carbonyl (C=O) groups is 1. The fraction of sp³-hybridized carbons (Fsp3) is 0.238. The van der Waals surface area contributed by atoms with Crippen LogP contribution in [0.5, 0.6) is 17.2 Å². The van der Waals surface area contributed by atoms with Crippen LogP contribution in [0.25, 0.3) is 11.1 Å². The molecular formula is C42H43N3O8S. The lowest BCUT2D eigenvalue weighted by atomic mass is 9.84. The molecule has 0 radical (unpaired) electrons. The van der Waals surface area contributed by atoms with E-state index in [1.807, 2.05) is 60.7 Å². The second-order valence-electron chi connectivity index (χ2n) is 12.6. The maximum atomic E-state index is 14.7. The number of methoxy groups -OCH3 is 2. The highest BCUT2D eigenvalue weighted by atomic mass is 32.2. The first kappa shape index (κ1) is 38.0. The number of aliphatic hydroxyl groups is 1. The number of hydrogen-bond acceptors (Lipinski definition) is 10. The Bertz CT molecular complexity index is 2150. The van der Waals surface area contributed by atoms with E-state index in [-0.39, 0.29) is 36.1 Å². The number of sulfone groups is 1. The summed E-state index contributed by atoms with van der Waals surface area (Å²) in [6.07, 6.45) is -0.702. The quantitative estimate of drug-likeness (QED) is 0.0762. The van der Waals surface area contributed by atoms with Gasteiger partial charge in [-0.25, -0.2) is 18.8 Å². The normalized spacial score (nSPS) is 16.6. The highest BCUT2D eigenvalue weighted by Crippen LogP contribution is 2.43. The number of ether oxygens (including phenoxy) is 4. The Kier molecular flexibility index (Phi) is 12.3. The molecule has 280 valence electrons. The Labute approximate surface area is 315 Å². The third-order valence-electron chi connectivity index (χ3n) is 9.18. The molecule has 1 aliphatic rings. The molecule has 2 atom stereocenters. The van der Waals surface area contributed by atoms with Crippen LogP contribution in [0.4, 0.5) is 0 Å². The van der Waals surface area contributed by atoms with E-state index in [9.17, 15) is 13.2 Å². The molecule has 0 aromatic heterocycles. The van der Waals surface area contributed by atoms with Gasteiger partial charge in [0.25, 0.3) is 5.91 Å². The van der Waals surface area contributed by atoms with Crippen LogP contribution in [0, 0.1) is 0 Å². The molecule has 0 fully saturated rings. The monoisotopic (exact) mass is 749 g/mol. The van der Waals surface area contributed by atoms with Gasteiger partial charge in [-0.15, -0.1) is 0 Å². The molecule has 0 saturated carbocycles. The molecule has 1 amide bonds. The Hall–Kier alpha value is -5.69. The molecule has 12 heteroatoms. The number of hydrogen-bond donors (Lipinski definition) is 3. The molecule has 6 rings (SSSR count). The first-order chi connectivity index (χ1) is 26.3. The minimum absolute atomic E-state index is 0.0169. The molecule has 5 aromatic rings. The molecule has 1 heterocycles. The smallest absolute Gasteiger partial charge is 0.266 e. The summed E-state index contributed by atoms with van der Waals surface area (Å²) in [4.78, 5) is 19.8. The van der Waals surface area contributed by atoms with Gasteiger partial charge in [-0.1, -0.05) is 78.9 Å². The van der Waals surface area contributed by atoms with Crippen molar-refractivity contribution < 1.29 is 37.3 Å². The number of benzene rings is 5. The molecule has 0 saturated heterocycles. The number of carbonyl (C=O) groups excluding carboxylic acids is 1. The average molecular weight is 750 g/mol. The van der Waals surface area contributed by atoms with E-state index < -0.39 is 27.4 Å². The van der Waals surface area contributed by atoms with Crippen LogP contribution in [0.1, 0.15) is 35.6 Å². The lowest BCUT2D eigenvalue weighted by Gasteiger charge is -2.30. The molecule has 1 aliphatic heterocycles. The number of amides is 1. The van der Waals surface area contributed by atoms with Crippen LogP contribution in [-0.2, 0) is 25.9 Å². The number of nitrogens with zero attached hydrogens (tertiary/aromatic N) is 1. The van der Waals surface area contributed by atoms with Gasteiger partial charge < -0.3 is 24.1 Å². The lowest BCUT2D eigenvalue weighted by Crippen LogP contribution is -2.53. The molecule has 3 N–H and O–H groups in total. The number of nitrogens with one attached hydrogen (secondary N) is 2. The van der Waals surface area contributed by atoms with E-state index in [1.54, 1.807) is 68.8 Å². The van der Waals surface area contributed by atoms with Crippen molar-refractivity contribution in [1.82, 2.24) is 10.9 Å². The largest absolute Gasteiger partial charge is 0.497 e. The van der Waals surface area contributed by atoms with E-state index >= 15 is 0 Å².